The van der Waals surface area contributed by atoms with E-state index in [1.54, 1.807) is 24.3 Å². The lowest BCUT2D eigenvalue weighted by Crippen LogP contribution is -2.30. The molecule has 0 atom stereocenters. The normalized spacial score (nSPS) is 11.3. The lowest BCUT2D eigenvalue weighted by Gasteiger charge is -2.08. The summed E-state index contributed by atoms with van der Waals surface area (Å²) >= 11 is 0. The van der Waals surface area contributed by atoms with Gasteiger partial charge in [-0.25, -0.2) is 13.1 Å². The zero-order valence-corrected chi connectivity index (χ0v) is 20.3. The van der Waals surface area contributed by atoms with Gasteiger partial charge in [0.2, 0.25) is 15.9 Å². The second-order valence-corrected chi connectivity index (χ2v) is 10.1. The summed E-state index contributed by atoms with van der Waals surface area (Å²) in [5.74, 6) is -0.244. The molecule has 4 rings (SSSR count). The minimum absolute atomic E-state index is 0.0147. The molecule has 3 aromatic carbocycles. The van der Waals surface area contributed by atoms with Crippen LogP contribution in [0.1, 0.15) is 23.1 Å². The number of aromatic nitrogens is 2. The van der Waals surface area contributed by atoms with E-state index in [2.05, 4.69) is 10.0 Å². The molecule has 1 heterocycles. The van der Waals surface area contributed by atoms with Crippen molar-refractivity contribution in [3.8, 4) is 11.3 Å². The van der Waals surface area contributed by atoms with Gasteiger partial charge in [-0.15, -0.1) is 0 Å². The number of carbonyl (C=O) groups excluding carboxylic acids is 1. The smallest absolute Gasteiger partial charge is 0.240 e. The SMILES string of the molecule is Cc1ccc(S(=O)(=O)NCCC(=O)NCc2cn(Cc3ccccc3)nc2-c2ccccc2)cc1. The molecule has 4 aromatic rings. The fourth-order valence-corrected chi connectivity index (χ4v) is 4.70. The fraction of sp³-hybridized carbons (Fsp3) is 0.185. The molecule has 0 spiro atoms. The highest BCUT2D eigenvalue weighted by Crippen LogP contribution is 2.22. The largest absolute Gasteiger partial charge is 0.352 e. The highest BCUT2D eigenvalue weighted by Gasteiger charge is 2.15. The summed E-state index contributed by atoms with van der Waals surface area (Å²) in [4.78, 5) is 12.6. The second kappa shape index (κ2) is 11.1. The Labute approximate surface area is 205 Å². The van der Waals surface area contributed by atoms with Gasteiger partial charge >= 0.3 is 0 Å². The predicted molar refractivity (Wildman–Crippen MR) is 136 cm³/mol. The molecule has 0 saturated carbocycles. The molecule has 0 unspecified atom stereocenters. The van der Waals surface area contributed by atoms with Crippen molar-refractivity contribution < 1.29 is 13.2 Å². The first-order chi connectivity index (χ1) is 16.9. The van der Waals surface area contributed by atoms with Crippen LogP contribution in [0, 0.1) is 6.92 Å². The number of hydrogen-bond acceptors (Lipinski definition) is 4. The third-order valence-electron chi connectivity index (χ3n) is 5.52. The summed E-state index contributed by atoms with van der Waals surface area (Å²) in [5, 5.41) is 7.65. The van der Waals surface area contributed by atoms with E-state index in [-0.39, 0.29) is 23.8 Å². The Balaban J connectivity index is 1.38. The van der Waals surface area contributed by atoms with Crippen LogP contribution in [0.2, 0.25) is 0 Å². The second-order valence-electron chi connectivity index (χ2n) is 8.29. The van der Waals surface area contributed by atoms with E-state index in [4.69, 9.17) is 5.10 Å². The number of aryl methyl sites for hydroxylation is 1. The molecule has 7 nitrogen and oxygen atoms in total. The first kappa shape index (κ1) is 24.4. The molecule has 1 amide bonds. The van der Waals surface area contributed by atoms with Crippen molar-refractivity contribution in [2.24, 2.45) is 0 Å². The lowest BCUT2D eigenvalue weighted by atomic mass is 10.1. The molecule has 0 aliphatic rings. The summed E-state index contributed by atoms with van der Waals surface area (Å²) < 4.78 is 29.2. The zero-order chi connectivity index (χ0) is 24.7. The maximum absolute atomic E-state index is 12.5. The summed E-state index contributed by atoms with van der Waals surface area (Å²) in [7, 11) is -3.65. The molecule has 0 fully saturated rings. The molecule has 35 heavy (non-hydrogen) atoms. The monoisotopic (exact) mass is 488 g/mol. The van der Waals surface area contributed by atoms with Crippen LogP contribution in [0.5, 0.6) is 0 Å². The molecule has 0 radical (unpaired) electrons. The number of benzene rings is 3. The maximum atomic E-state index is 12.5. The van der Waals surface area contributed by atoms with Gasteiger partial charge in [-0.1, -0.05) is 78.4 Å². The van der Waals surface area contributed by atoms with E-state index in [0.717, 1.165) is 27.9 Å². The molecule has 2 N–H and O–H groups in total. The quantitative estimate of drug-likeness (QED) is 0.354. The van der Waals surface area contributed by atoms with E-state index in [1.807, 2.05) is 78.5 Å². The molecule has 8 heteroatoms. The van der Waals surface area contributed by atoms with Crippen molar-refractivity contribution in [3.05, 3.63) is 108 Å². The van der Waals surface area contributed by atoms with Crippen molar-refractivity contribution in [1.29, 1.82) is 0 Å². The van der Waals surface area contributed by atoms with Gasteiger partial charge in [-0.05, 0) is 24.6 Å². The van der Waals surface area contributed by atoms with Crippen molar-refractivity contribution >= 4 is 15.9 Å². The topological polar surface area (TPSA) is 93.1 Å². The summed E-state index contributed by atoms with van der Waals surface area (Å²) in [6.45, 7) is 2.82. The molecule has 0 aliphatic carbocycles. The van der Waals surface area contributed by atoms with Crippen LogP contribution in [0.4, 0.5) is 0 Å². The molecule has 0 aliphatic heterocycles. The highest BCUT2D eigenvalue weighted by atomic mass is 32.2. The minimum Gasteiger partial charge on any atom is -0.352 e. The third kappa shape index (κ3) is 6.65. The summed E-state index contributed by atoms with van der Waals surface area (Å²) in [6, 6.07) is 26.5. The average Bonchev–Trinajstić information content (AvgIpc) is 3.26. The van der Waals surface area contributed by atoms with Gasteiger partial charge in [0.25, 0.3) is 0 Å². The van der Waals surface area contributed by atoms with Gasteiger partial charge in [-0.3, -0.25) is 9.48 Å². The van der Waals surface area contributed by atoms with E-state index in [9.17, 15) is 13.2 Å². The van der Waals surface area contributed by atoms with Gasteiger partial charge in [0.1, 0.15) is 0 Å². The van der Waals surface area contributed by atoms with Crippen LogP contribution in [0.25, 0.3) is 11.3 Å². The number of nitrogens with zero attached hydrogens (tertiary/aromatic N) is 2. The Bertz CT molecular complexity index is 1370. The van der Waals surface area contributed by atoms with Crippen LogP contribution in [-0.4, -0.2) is 30.7 Å². The van der Waals surface area contributed by atoms with Crippen LogP contribution in [-0.2, 0) is 27.9 Å². The zero-order valence-electron chi connectivity index (χ0n) is 19.5. The van der Waals surface area contributed by atoms with E-state index >= 15 is 0 Å². The number of hydrogen-bond donors (Lipinski definition) is 2. The maximum Gasteiger partial charge on any atom is 0.240 e. The molecule has 1 aromatic heterocycles. The molecular formula is C27H28N4O3S. The highest BCUT2D eigenvalue weighted by molar-refractivity contribution is 7.89. The van der Waals surface area contributed by atoms with E-state index < -0.39 is 10.0 Å². The number of amides is 1. The Hall–Kier alpha value is -3.75. The first-order valence-corrected chi connectivity index (χ1v) is 12.9. The molecular weight excluding hydrogens is 460 g/mol. The Morgan fingerprint density at radius 3 is 2.26 bits per heavy atom. The van der Waals surface area contributed by atoms with Crippen LogP contribution >= 0.6 is 0 Å². The molecule has 180 valence electrons. The number of rotatable bonds is 10. The van der Waals surface area contributed by atoms with Gasteiger partial charge in [-0.2, -0.15) is 5.10 Å². The van der Waals surface area contributed by atoms with Crippen LogP contribution in [0.3, 0.4) is 0 Å². The standard InChI is InChI=1S/C27H28N4O3S/c1-21-12-14-25(15-13-21)35(33,34)29-17-16-26(32)28-18-24-20-31(19-22-8-4-2-5-9-22)30-27(24)23-10-6-3-7-11-23/h2-15,20,29H,16-19H2,1H3,(H,28,32). The van der Waals surface area contributed by atoms with Gasteiger partial charge in [0.05, 0.1) is 17.1 Å². The average molecular weight is 489 g/mol. The van der Waals surface area contributed by atoms with Crippen LogP contribution in [0.15, 0.2) is 96.0 Å². The Kier molecular flexibility index (Phi) is 7.74. The van der Waals surface area contributed by atoms with Gasteiger partial charge in [0.15, 0.2) is 0 Å². The third-order valence-corrected chi connectivity index (χ3v) is 7.00. The lowest BCUT2D eigenvalue weighted by molar-refractivity contribution is -0.121. The number of carbonyl (C=O) groups is 1. The number of sulfonamides is 1. The van der Waals surface area contributed by atoms with Crippen molar-refractivity contribution in [2.75, 3.05) is 6.54 Å². The Morgan fingerprint density at radius 1 is 0.914 bits per heavy atom. The van der Waals surface area contributed by atoms with Gasteiger partial charge in [0, 0.05) is 36.8 Å². The summed E-state index contributed by atoms with van der Waals surface area (Å²) in [6.07, 6.45) is 1.97. The van der Waals surface area contributed by atoms with Crippen molar-refractivity contribution in [3.63, 3.8) is 0 Å². The molecule has 0 saturated heterocycles. The van der Waals surface area contributed by atoms with Crippen LogP contribution < -0.4 is 10.0 Å². The van der Waals surface area contributed by atoms with E-state index in [1.165, 1.54) is 0 Å². The minimum atomic E-state index is -3.65. The predicted octanol–water partition coefficient (Wildman–Crippen LogP) is 3.89. The van der Waals surface area contributed by atoms with Crippen molar-refractivity contribution in [1.82, 2.24) is 19.8 Å². The van der Waals surface area contributed by atoms with Crippen molar-refractivity contribution in [2.45, 2.75) is 31.3 Å². The number of nitrogens with one attached hydrogen (secondary N) is 2. The van der Waals surface area contributed by atoms with Gasteiger partial charge < -0.3 is 5.32 Å². The van der Waals surface area contributed by atoms with E-state index in [0.29, 0.717) is 13.1 Å². The Morgan fingerprint density at radius 2 is 1.57 bits per heavy atom. The summed E-state index contributed by atoms with van der Waals surface area (Å²) in [5.41, 5.74) is 4.77. The first-order valence-electron chi connectivity index (χ1n) is 11.4. The molecule has 0 bridgehead atoms. The fourth-order valence-electron chi connectivity index (χ4n) is 3.66.